The van der Waals surface area contributed by atoms with Crippen LogP contribution in [0, 0.1) is 11.6 Å². The fourth-order valence-electron chi connectivity index (χ4n) is 2.68. The van der Waals surface area contributed by atoms with E-state index in [0.717, 1.165) is 6.07 Å². The Morgan fingerprint density at radius 2 is 2.04 bits per heavy atom. The minimum atomic E-state index is -0.591. The van der Waals surface area contributed by atoms with Gasteiger partial charge >= 0.3 is 0 Å². The molecule has 0 aliphatic heterocycles. The first-order valence-corrected chi connectivity index (χ1v) is 7.30. The van der Waals surface area contributed by atoms with Gasteiger partial charge in [0.25, 0.3) is 0 Å². The average molecular weight is 330 g/mol. The van der Waals surface area contributed by atoms with Gasteiger partial charge in [-0.3, -0.25) is 0 Å². The SMILES string of the molecule is COc1cc(-c2noc([C@@H]3C[C@H]3c3ccc(F)cc3F)n2)ncn1. The highest BCUT2D eigenvalue weighted by atomic mass is 19.1. The molecule has 0 amide bonds. The summed E-state index contributed by atoms with van der Waals surface area (Å²) in [4.78, 5) is 12.3. The fourth-order valence-corrected chi connectivity index (χ4v) is 2.68. The molecule has 1 aromatic carbocycles. The quantitative estimate of drug-likeness (QED) is 0.732. The summed E-state index contributed by atoms with van der Waals surface area (Å²) in [6.07, 6.45) is 2.02. The minimum absolute atomic E-state index is 0.0741. The molecule has 1 aliphatic rings. The van der Waals surface area contributed by atoms with Crippen LogP contribution in [0.25, 0.3) is 11.5 Å². The minimum Gasteiger partial charge on any atom is -0.481 e. The largest absolute Gasteiger partial charge is 0.481 e. The molecule has 0 N–H and O–H groups in total. The highest BCUT2D eigenvalue weighted by Crippen LogP contribution is 2.54. The molecule has 2 aromatic heterocycles. The molecule has 4 rings (SSSR count). The van der Waals surface area contributed by atoms with Crippen LogP contribution >= 0.6 is 0 Å². The molecule has 1 aliphatic carbocycles. The lowest BCUT2D eigenvalue weighted by Crippen LogP contribution is -1.93. The molecule has 0 radical (unpaired) electrons. The van der Waals surface area contributed by atoms with Crippen molar-refractivity contribution in [2.24, 2.45) is 0 Å². The summed E-state index contributed by atoms with van der Waals surface area (Å²) < 4.78 is 37.2. The Hall–Kier alpha value is -2.90. The van der Waals surface area contributed by atoms with E-state index >= 15 is 0 Å². The summed E-state index contributed by atoms with van der Waals surface area (Å²) >= 11 is 0. The van der Waals surface area contributed by atoms with E-state index in [-0.39, 0.29) is 11.8 Å². The van der Waals surface area contributed by atoms with Gasteiger partial charge in [0.2, 0.25) is 17.6 Å². The van der Waals surface area contributed by atoms with Crippen molar-refractivity contribution in [2.45, 2.75) is 18.3 Å². The molecule has 1 fully saturated rings. The van der Waals surface area contributed by atoms with E-state index in [0.29, 0.717) is 35.3 Å². The second kappa shape index (κ2) is 5.63. The van der Waals surface area contributed by atoms with Crippen LogP contribution in [-0.4, -0.2) is 27.2 Å². The molecule has 6 nitrogen and oxygen atoms in total. The Morgan fingerprint density at radius 1 is 1.17 bits per heavy atom. The van der Waals surface area contributed by atoms with E-state index in [2.05, 4.69) is 20.1 Å². The molecule has 2 heterocycles. The van der Waals surface area contributed by atoms with Crippen LogP contribution in [0.5, 0.6) is 5.88 Å². The summed E-state index contributed by atoms with van der Waals surface area (Å²) in [5, 5.41) is 3.90. The third-order valence-electron chi connectivity index (χ3n) is 3.99. The Labute approximate surface area is 135 Å². The first-order valence-electron chi connectivity index (χ1n) is 7.30. The lowest BCUT2D eigenvalue weighted by molar-refractivity contribution is 0.378. The first kappa shape index (κ1) is 14.7. The van der Waals surface area contributed by atoms with E-state index in [1.54, 1.807) is 6.07 Å². The van der Waals surface area contributed by atoms with E-state index in [1.807, 2.05) is 0 Å². The molecule has 0 saturated heterocycles. The maximum Gasteiger partial charge on any atom is 0.230 e. The van der Waals surface area contributed by atoms with Gasteiger partial charge in [-0.1, -0.05) is 11.2 Å². The van der Waals surface area contributed by atoms with Crippen LogP contribution < -0.4 is 4.74 Å². The molecule has 0 unspecified atom stereocenters. The second-order valence-electron chi connectivity index (χ2n) is 5.52. The lowest BCUT2D eigenvalue weighted by atomic mass is 10.1. The van der Waals surface area contributed by atoms with Crippen molar-refractivity contribution in [1.82, 2.24) is 20.1 Å². The van der Waals surface area contributed by atoms with Gasteiger partial charge in [0.15, 0.2) is 0 Å². The van der Waals surface area contributed by atoms with Crippen molar-refractivity contribution < 1.29 is 18.0 Å². The van der Waals surface area contributed by atoms with Crippen LogP contribution in [0.4, 0.5) is 8.78 Å². The van der Waals surface area contributed by atoms with E-state index in [9.17, 15) is 8.78 Å². The van der Waals surface area contributed by atoms with E-state index < -0.39 is 11.6 Å². The Morgan fingerprint density at radius 3 is 2.83 bits per heavy atom. The number of halogens is 2. The van der Waals surface area contributed by atoms with Crippen LogP contribution in [0.3, 0.4) is 0 Å². The van der Waals surface area contributed by atoms with E-state index in [1.165, 1.54) is 25.6 Å². The van der Waals surface area contributed by atoms with Gasteiger partial charge in [-0.2, -0.15) is 4.98 Å². The smallest absolute Gasteiger partial charge is 0.230 e. The topological polar surface area (TPSA) is 73.9 Å². The summed E-state index contributed by atoms with van der Waals surface area (Å²) in [6, 6.07) is 5.19. The number of hydrogen-bond donors (Lipinski definition) is 0. The summed E-state index contributed by atoms with van der Waals surface area (Å²) in [5.74, 6) is -0.181. The van der Waals surface area contributed by atoms with Crippen LogP contribution in [0.1, 0.15) is 29.7 Å². The van der Waals surface area contributed by atoms with Crippen molar-refractivity contribution in [1.29, 1.82) is 0 Å². The number of ether oxygens (including phenoxy) is 1. The van der Waals surface area contributed by atoms with E-state index in [4.69, 9.17) is 9.26 Å². The van der Waals surface area contributed by atoms with Crippen molar-refractivity contribution in [3.8, 4) is 17.4 Å². The predicted octanol–water partition coefficient (Wildman–Crippen LogP) is 3.08. The first-order chi connectivity index (χ1) is 11.7. The summed E-state index contributed by atoms with van der Waals surface area (Å²) in [7, 11) is 1.50. The molecule has 3 aromatic rings. The number of methoxy groups -OCH3 is 1. The zero-order valence-electron chi connectivity index (χ0n) is 12.6. The molecule has 24 heavy (non-hydrogen) atoms. The Bertz CT molecular complexity index is 899. The average Bonchev–Trinajstić information content (AvgIpc) is 3.22. The van der Waals surface area contributed by atoms with Gasteiger partial charge in [-0.05, 0) is 24.0 Å². The van der Waals surface area contributed by atoms with Gasteiger partial charge in [0.1, 0.15) is 23.7 Å². The number of hydrogen-bond acceptors (Lipinski definition) is 6. The Kier molecular flexibility index (Phi) is 3.44. The van der Waals surface area contributed by atoms with Crippen molar-refractivity contribution >= 4 is 0 Å². The lowest BCUT2D eigenvalue weighted by Gasteiger charge is -2.00. The van der Waals surface area contributed by atoms with Gasteiger partial charge in [-0.25, -0.2) is 18.7 Å². The molecular weight excluding hydrogens is 318 g/mol. The maximum absolute atomic E-state index is 13.8. The maximum atomic E-state index is 13.8. The van der Waals surface area contributed by atoms with Gasteiger partial charge < -0.3 is 9.26 Å². The molecule has 8 heteroatoms. The third-order valence-corrected chi connectivity index (χ3v) is 3.99. The number of nitrogens with zero attached hydrogens (tertiary/aromatic N) is 4. The van der Waals surface area contributed by atoms with Gasteiger partial charge in [0, 0.05) is 18.1 Å². The van der Waals surface area contributed by atoms with Crippen LogP contribution in [0.2, 0.25) is 0 Å². The predicted molar refractivity (Wildman–Crippen MR) is 78.3 cm³/mol. The highest BCUT2D eigenvalue weighted by molar-refractivity contribution is 5.49. The normalized spacial score (nSPS) is 19.3. The number of rotatable bonds is 4. The molecule has 2 atom stereocenters. The second-order valence-corrected chi connectivity index (χ2v) is 5.52. The molecular formula is C16H12F2N4O2. The van der Waals surface area contributed by atoms with Crippen molar-refractivity contribution in [2.75, 3.05) is 7.11 Å². The van der Waals surface area contributed by atoms with Gasteiger partial charge in [0.05, 0.1) is 7.11 Å². The monoisotopic (exact) mass is 330 g/mol. The van der Waals surface area contributed by atoms with Crippen molar-refractivity contribution in [3.63, 3.8) is 0 Å². The molecule has 0 spiro atoms. The standard InChI is InChI=1S/C16H12F2N4O2/c1-23-14-6-13(19-7-20-14)15-21-16(24-22-15)11-5-10(11)9-3-2-8(17)4-12(9)18/h2-4,6-7,10-11H,5H2,1H3/t10-,11+/m0/s1. The number of benzene rings is 1. The Balaban J connectivity index is 1.56. The summed E-state index contributed by atoms with van der Waals surface area (Å²) in [5.41, 5.74) is 0.937. The van der Waals surface area contributed by atoms with Crippen LogP contribution in [-0.2, 0) is 0 Å². The zero-order valence-corrected chi connectivity index (χ0v) is 12.6. The van der Waals surface area contributed by atoms with Gasteiger partial charge in [-0.15, -0.1) is 0 Å². The highest BCUT2D eigenvalue weighted by Gasteiger charge is 2.45. The molecule has 122 valence electrons. The molecule has 0 bridgehead atoms. The summed E-state index contributed by atoms with van der Waals surface area (Å²) in [6.45, 7) is 0. The third kappa shape index (κ3) is 2.60. The zero-order chi connectivity index (χ0) is 16.7. The fraction of sp³-hybridized carbons (Fsp3) is 0.250. The van der Waals surface area contributed by atoms with Crippen LogP contribution in [0.15, 0.2) is 35.1 Å². The molecule has 1 saturated carbocycles. The number of aromatic nitrogens is 4. The van der Waals surface area contributed by atoms with Crippen molar-refractivity contribution in [3.05, 3.63) is 53.7 Å².